The Balaban J connectivity index is 1.52. The van der Waals surface area contributed by atoms with Gasteiger partial charge in [0.2, 0.25) is 0 Å². The van der Waals surface area contributed by atoms with Crippen LogP contribution in [-0.4, -0.2) is 47.9 Å². The molecule has 0 atom stereocenters. The van der Waals surface area contributed by atoms with E-state index in [0.717, 1.165) is 43.5 Å². The first-order chi connectivity index (χ1) is 13.7. The van der Waals surface area contributed by atoms with Crippen LogP contribution in [0.4, 0.5) is 0 Å². The largest absolute Gasteiger partial charge is 0.382 e. The van der Waals surface area contributed by atoms with E-state index in [1.807, 2.05) is 19.2 Å². The molecule has 0 bridgehead atoms. The Morgan fingerprint density at radius 1 is 1.29 bits per heavy atom. The SMILES string of the molecule is CCOCCC1(CNC(=NC)NCc2cccc(-c3ncn[nH]3)c2)CCCC1. The lowest BCUT2D eigenvalue weighted by molar-refractivity contribution is 0.105. The first-order valence-electron chi connectivity index (χ1n) is 10.2. The fraction of sp³-hybridized carbons (Fsp3) is 0.571. The highest BCUT2D eigenvalue weighted by molar-refractivity contribution is 5.79. The topological polar surface area (TPSA) is 87.2 Å². The highest BCUT2D eigenvalue weighted by atomic mass is 16.5. The van der Waals surface area contributed by atoms with Crippen LogP contribution in [0.5, 0.6) is 0 Å². The zero-order chi connectivity index (χ0) is 19.7. The molecule has 0 radical (unpaired) electrons. The van der Waals surface area contributed by atoms with Gasteiger partial charge in [-0.2, -0.15) is 5.10 Å². The molecule has 28 heavy (non-hydrogen) atoms. The van der Waals surface area contributed by atoms with Crippen LogP contribution in [0.15, 0.2) is 35.6 Å². The molecule has 1 heterocycles. The van der Waals surface area contributed by atoms with Crippen LogP contribution < -0.4 is 10.6 Å². The normalized spacial score (nSPS) is 16.3. The average Bonchev–Trinajstić information content (AvgIpc) is 3.41. The Kier molecular flexibility index (Phi) is 7.42. The third kappa shape index (κ3) is 5.55. The molecule has 1 aromatic heterocycles. The summed E-state index contributed by atoms with van der Waals surface area (Å²) < 4.78 is 5.62. The molecule has 152 valence electrons. The molecule has 3 N–H and O–H groups in total. The number of ether oxygens (including phenoxy) is 1. The summed E-state index contributed by atoms with van der Waals surface area (Å²) in [5.41, 5.74) is 2.53. The second kappa shape index (κ2) is 10.2. The van der Waals surface area contributed by atoms with Crippen molar-refractivity contribution < 1.29 is 4.74 Å². The van der Waals surface area contributed by atoms with Gasteiger partial charge in [-0.1, -0.05) is 31.0 Å². The minimum absolute atomic E-state index is 0.332. The van der Waals surface area contributed by atoms with E-state index in [2.05, 4.69) is 49.9 Å². The van der Waals surface area contributed by atoms with Crippen molar-refractivity contribution in [1.82, 2.24) is 25.8 Å². The van der Waals surface area contributed by atoms with Crippen LogP contribution >= 0.6 is 0 Å². The lowest BCUT2D eigenvalue weighted by atomic mass is 9.83. The zero-order valence-corrected chi connectivity index (χ0v) is 17.0. The van der Waals surface area contributed by atoms with Crippen molar-refractivity contribution in [3.63, 3.8) is 0 Å². The van der Waals surface area contributed by atoms with E-state index >= 15 is 0 Å². The molecule has 3 rings (SSSR count). The number of aliphatic imine (C=N–C) groups is 1. The molecule has 0 saturated heterocycles. The van der Waals surface area contributed by atoms with Gasteiger partial charge in [-0.05, 0) is 43.2 Å². The van der Waals surface area contributed by atoms with Gasteiger partial charge in [0.15, 0.2) is 11.8 Å². The molecule has 2 aromatic rings. The van der Waals surface area contributed by atoms with E-state index in [1.165, 1.54) is 37.6 Å². The van der Waals surface area contributed by atoms with Gasteiger partial charge in [0.25, 0.3) is 0 Å². The molecule has 7 heteroatoms. The van der Waals surface area contributed by atoms with E-state index in [0.29, 0.717) is 12.0 Å². The fourth-order valence-electron chi connectivity index (χ4n) is 3.92. The maximum absolute atomic E-state index is 5.62. The van der Waals surface area contributed by atoms with Crippen LogP contribution in [-0.2, 0) is 11.3 Å². The van der Waals surface area contributed by atoms with Crippen LogP contribution in [0.3, 0.4) is 0 Å². The van der Waals surface area contributed by atoms with E-state index in [9.17, 15) is 0 Å². The average molecular weight is 385 g/mol. The van der Waals surface area contributed by atoms with Gasteiger partial charge in [-0.15, -0.1) is 0 Å². The van der Waals surface area contributed by atoms with Gasteiger partial charge in [-0.3, -0.25) is 10.1 Å². The number of nitrogens with one attached hydrogen (secondary N) is 3. The number of H-pyrrole nitrogens is 1. The minimum atomic E-state index is 0.332. The summed E-state index contributed by atoms with van der Waals surface area (Å²) in [6.45, 7) is 5.34. The summed E-state index contributed by atoms with van der Waals surface area (Å²) >= 11 is 0. The third-order valence-corrected chi connectivity index (χ3v) is 5.57. The van der Waals surface area contributed by atoms with Gasteiger partial charge in [-0.25, -0.2) is 4.98 Å². The molecule has 1 saturated carbocycles. The lowest BCUT2D eigenvalue weighted by Gasteiger charge is -2.30. The quantitative estimate of drug-likeness (QED) is 0.351. The predicted molar refractivity (Wildman–Crippen MR) is 112 cm³/mol. The molecule has 7 nitrogen and oxygen atoms in total. The van der Waals surface area contributed by atoms with Gasteiger partial charge in [0, 0.05) is 38.9 Å². The van der Waals surface area contributed by atoms with Gasteiger partial charge in [0.05, 0.1) is 0 Å². The van der Waals surface area contributed by atoms with Crippen molar-refractivity contribution >= 4 is 5.96 Å². The van der Waals surface area contributed by atoms with Crippen molar-refractivity contribution in [2.45, 2.75) is 45.6 Å². The molecule has 1 aliphatic rings. The number of nitrogens with zero attached hydrogens (tertiary/aromatic N) is 3. The maximum atomic E-state index is 5.62. The van der Waals surface area contributed by atoms with E-state index < -0.39 is 0 Å². The van der Waals surface area contributed by atoms with Crippen molar-refractivity contribution in [2.24, 2.45) is 10.4 Å². The summed E-state index contributed by atoms with van der Waals surface area (Å²) in [6.07, 6.45) is 7.80. The molecular formula is C21H32N6O. The van der Waals surface area contributed by atoms with Crippen LogP contribution in [0, 0.1) is 5.41 Å². The molecule has 1 fully saturated rings. The third-order valence-electron chi connectivity index (χ3n) is 5.57. The smallest absolute Gasteiger partial charge is 0.191 e. The fourth-order valence-corrected chi connectivity index (χ4v) is 3.92. The van der Waals surface area contributed by atoms with Gasteiger partial charge < -0.3 is 15.4 Å². The van der Waals surface area contributed by atoms with Crippen molar-refractivity contribution in [1.29, 1.82) is 0 Å². The number of aromatic nitrogens is 3. The highest BCUT2D eigenvalue weighted by Gasteiger charge is 2.33. The standard InChI is InChI=1S/C21H32N6O/c1-3-28-12-11-21(9-4-5-10-21)15-24-20(22-2)23-14-17-7-6-8-18(13-17)19-25-16-26-27-19/h6-8,13,16H,3-5,9-12,14-15H2,1-2H3,(H2,22,23,24)(H,25,26,27). The van der Waals surface area contributed by atoms with E-state index in [4.69, 9.17) is 4.74 Å². The lowest BCUT2D eigenvalue weighted by Crippen LogP contribution is -2.43. The zero-order valence-electron chi connectivity index (χ0n) is 17.0. The molecule has 1 aromatic carbocycles. The minimum Gasteiger partial charge on any atom is -0.382 e. The Labute approximate surface area is 167 Å². The van der Waals surface area contributed by atoms with E-state index in [-0.39, 0.29) is 0 Å². The summed E-state index contributed by atoms with van der Waals surface area (Å²) in [6, 6.07) is 8.27. The van der Waals surface area contributed by atoms with Crippen molar-refractivity contribution in [3.8, 4) is 11.4 Å². The summed E-state index contributed by atoms with van der Waals surface area (Å²) in [5, 5.41) is 13.8. The molecule has 1 aliphatic carbocycles. The summed E-state index contributed by atoms with van der Waals surface area (Å²) in [7, 11) is 1.82. The maximum Gasteiger partial charge on any atom is 0.191 e. The second-order valence-electron chi connectivity index (χ2n) is 7.47. The second-order valence-corrected chi connectivity index (χ2v) is 7.47. The molecular weight excluding hydrogens is 352 g/mol. The Morgan fingerprint density at radius 3 is 2.86 bits per heavy atom. The highest BCUT2D eigenvalue weighted by Crippen LogP contribution is 2.40. The predicted octanol–water partition coefficient (Wildman–Crippen LogP) is 3.12. The number of rotatable bonds is 9. The molecule has 0 amide bonds. The van der Waals surface area contributed by atoms with Crippen LogP contribution in [0.2, 0.25) is 0 Å². The monoisotopic (exact) mass is 384 g/mol. The van der Waals surface area contributed by atoms with Crippen LogP contribution in [0.25, 0.3) is 11.4 Å². The van der Waals surface area contributed by atoms with Crippen molar-refractivity contribution in [2.75, 3.05) is 26.8 Å². The van der Waals surface area contributed by atoms with E-state index in [1.54, 1.807) is 0 Å². The number of aromatic amines is 1. The van der Waals surface area contributed by atoms with Crippen molar-refractivity contribution in [3.05, 3.63) is 36.2 Å². The number of hydrogen-bond donors (Lipinski definition) is 3. The van der Waals surface area contributed by atoms with Gasteiger partial charge in [0.1, 0.15) is 6.33 Å². The van der Waals surface area contributed by atoms with Gasteiger partial charge >= 0.3 is 0 Å². The molecule has 0 unspecified atom stereocenters. The number of benzene rings is 1. The molecule has 0 spiro atoms. The Bertz CT molecular complexity index is 737. The first-order valence-corrected chi connectivity index (χ1v) is 10.2. The number of hydrogen-bond acceptors (Lipinski definition) is 4. The summed E-state index contributed by atoms with van der Waals surface area (Å²) in [5.74, 6) is 1.62. The Morgan fingerprint density at radius 2 is 2.14 bits per heavy atom. The Hall–Kier alpha value is -2.41. The summed E-state index contributed by atoms with van der Waals surface area (Å²) in [4.78, 5) is 8.62. The van der Waals surface area contributed by atoms with Crippen LogP contribution in [0.1, 0.15) is 44.6 Å². The molecule has 0 aliphatic heterocycles. The first kappa shape index (κ1) is 20.3. The number of guanidine groups is 1.